The van der Waals surface area contributed by atoms with Crippen molar-refractivity contribution in [2.75, 3.05) is 0 Å². The number of hydrogen-bond acceptors (Lipinski definition) is 10. The summed E-state index contributed by atoms with van der Waals surface area (Å²) in [5.74, 6) is 1.13. The standard InChI is InChI=1S/C22H21N5O2.C21H18FN5O2/c1-14-19-13-25-27(21-23-10-5-11-24-21)22(28)26(19)15(2)20(14)16-6-3-9-18(12-16)29-17-7-4-8-17;1-12-16-11-25-27(20-23-9-4-10-24-20)21(28)26(16)13(2)18(12)15-5-3-6-17(19(15)22)29-14-7-8-14/h3,5-6,9-13,17H,4,7-8H2,1-2H3;3-6,9-11,14H,7-8H2,1-2H3. The Morgan fingerprint density at radius 2 is 1.17 bits per heavy atom. The molecular formula is C43H39FN10O4. The topological polar surface area (TPSA) is 149 Å². The van der Waals surface area contributed by atoms with Crippen LogP contribution in [0, 0.1) is 33.5 Å². The van der Waals surface area contributed by atoms with Gasteiger partial charge in [0.2, 0.25) is 0 Å². The van der Waals surface area contributed by atoms with Crippen LogP contribution in [0.15, 0.2) is 101 Å². The third-order valence-corrected chi connectivity index (χ3v) is 10.7. The molecule has 10 rings (SSSR count). The molecule has 2 aliphatic carbocycles. The van der Waals surface area contributed by atoms with Crippen molar-refractivity contribution in [3.05, 3.63) is 141 Å². The molecule has 0 spiro atoms. The molecule has 0 atom stereocenters. The summed E-state index contributed by atoms with van der Waals surface area (Å²) >= 11 is 0. The highest BCUT2D eigenvalue weighted by Crippen LogP contribution is 2.38. The molecule has 0 bridgehead atoms. The van der Waals surface area contributed by atoms with E-state index in [1.165, 1.54) is 15.5 Å². The van der Waals surface area contributed by atoms with Crippen molar-refractivity contribution in [2.24, 2.45) is 0 Å². The predicted octanol–water partition coefficient (Wildman–Crippen LogP) is 6.73. The van der Waals surface area contributed by atoms with Gasteiger partial charge in [-0.2, -0.15) is 10.2 Å². The summed E-state index contributed by atoms with van der Waals surface area (Å²) in [6, 6.07) is 16.6. The molecule has 0 amide bonds. The van der Waals surface area contributed by atoms with Crippen LogP contribution in [0.3, 0.4) is 0 Å². The quantitative estimate of drug-likeness (QED) is 0.163. The molecule has 6 aromatic heterocycles. The molecule has 2 saturated carbocycles. The van der Waals surface area contributed by atoms with Crippen LogP contribution >= 0.6 is 0 Å². The zero-order chi connectivity index (χ0) is 40.1. The van der Waals surface area contributed by atoms with Gasteiger partial charge in [-0.15, -0.1) is 9.36 Å². The smallest absolute Gasteiger partial charge is 0.356 e. The second-order valence-electron chi connectivity index (χ2n) is 14.5. The molecule has 0 aliphatic heterocycles. The van der Waals surface area contributed by atoms with Crippen LogP contribution in [-0.2, 0) is 0 Å². The van der Waals surface area contributed by atoms with E-state index in [1.54, 1.807) is 78.8 Å². The monoisotopic (exact) mass is 778 g/mol. The third kappa shape index (κ3) is 6.47. The van der Waals surface area contributed by atoms with Crippen molar-refractivity contribution in [1.29, 1.82) is 0 Å². The summed E-state index contributed by atoms with van der Waals surface area (Å²) in [6.45, 7) is 7.62. The van der Waals surface area contributed by atoms with Crippen LogP contribution in [0.4, 0.5) is 4.39 Å². The maximum Gasteiger partial charge on any atom is 0.356 e. The van der Waals surface area contributed by atoms with E-state index < -0.39 is 11.5 Å². The summed E-state index contributed by atoms with van der Waals surface area (Å²) in [4.78, 5) is 42.8. The van der Waals surface area contributed by atoms with Gasteiger partial charge in [0.15, 0.2) is 11.6 Å². The van der Waals surface area contributed by atoms with E-state index in [-0.39, 0.29) is 29.4 Å². The van der Waals surface area contributed by atoms with E-state index >= 15 is 4.39 Å². The van der Waals surface area contributed by atoms with Crippen molar-refractivity contribution in [3.63, 3.8) is 0 Å². The first kappa shape index (κ1) is 36.6. The van der Waals surface area contributed by atoms with Gasteiger partial charge in [0.1, 0.15) is 5.75 Å². The van der Waals surface area contributed by atoms with Gasteiger partial charge in [-0.25, -0.2) is 33.9 Å². The largest absolute Gasteiger partial charge is 0.490 e. The van der Waals surface area contributed by atoms with E-state index in [0.717, 1.165) is 69.6 Å². The molecule has 2 fully saturated rings. The molecule has 0 N–H and O–H groups in total. The lowest BCUT2D eigenvalue weighted by molar-refractivity contribution is 0.120. The number of nitrogens with zero attached hydrogens (tertiary/aromatic N) is 10. The van der Waals surface area contributed by atoms with Gasteiger partial charge in [-0.3, -0.25) is 8.80 Å². The van der Waals surface area contributed by atoms with Gasteiger partial charge in [-0.05, 0) is 107 Å². The Morgan fingerprint density at radius 1 is 0.638 bits per heavy atom. The van der Waals surface area contributed by atoms with Crippen LogP contribution in [0.2, 0.25) is 0 Å². The fourth-order valence-electron chi connectivity index (χ4n) is 7.50. The van der Waals surface area contributed by atoms with Gasteiger partial charge >= 0.3 is 11.4 Å². The summed E-state index contributed by atoms with van der Waals surface area (Å²) in [5, 5.41) is 8.51. The molecule has 2 aliphatic rings. The van der Waals surface area contributed by atoms with Crippen LogP contribution in [-0.4, -0.2) is 60.5 Å². The molecule has 0 unspecified atom stereocenters. The first-order chi connectivity index (χ1) is 28.2. The molecule has 0 radical (unpaired) electrons. The normalized spacial score (nSPS) is 13.9. The number of benzene rings is 2. The maximum absolute atomic E-state index is 15.2. The zero-order valence-electron chi connectivity index (χ0n) is 32.3. The maximum atomic E-state index is 15.2. The first-order valence-electron chi connectivity index (χ1n) is 19.2. The molecule has 2 aromatic carbocycles. The SMILES string of the molecule is Cc1c(-c2cccc(OC3CC3)c2F)c(C)n2c(=O)n(-c3ncccn3)ncc12.Cc1c(-c2cccc(OC3CCC3)c2)c(C)n2c(=O)n(-c3ncccn3)ncc12. The van der Waals surface area contributed by atoms with Gasteiger partial charge < -0.3 is 9.47 Å². The van der Waals surface area contributed by atoms with E-state index in [1.807, 2.05) is 32.9 Å². The second kappa shape index (κ2) is 14.8. The lowest BCUT2D eigenvalue weighted by Gasteiger charge is -2.26. The molecule has 8 aromatic rings. The Bertz CT molecular complexity index is 2950. The Balaban J connectivity index is 0.000000150. The predicted molar refractivity (Wildman–Crippen MR) is 214 cm³/mol. The Kier molecular flexibility index (Phi) is 9.34. The minimum atomic E-state index is -0.416. The van der Waals surface area contributed by atoms with Crippen LogP contribution < -0.4 is 20.9 Å². The van der Waals surface area contributed by atoms with E-state index in [9.17, 15) is 9.59 Å². The Labute approximate surface area is 331 Å². The number of hydrogen-bond donors (Lipinski definition) is 0. The summed E-state index contributed by atoms with van der Waals surface area (Å²) in [6.07, 6.45) is 15.3. The molecule has 58 heavy (non-hydrogen) atoms. The van der Waals surface area contributed by atoms with Crippen LogP contribution in [0.25, 0.3) is 45.2 Å². The van der Waals surface area contributed by atoms with E-state index in [0.29, 0.717) is 28.4 Å². The zero-order valence-corrected chi connectivity index (χ0v) is 32.3. The minimum Gasteiger partial charge on any atom is -0.490 e. The van der Waals surface area contributed by atoms with Crippen LogP contribution in [0.5, 0.6) is 11.5 Å². The van der Waals surface area contributed by atoms with E-state index in [2.05, 4.69) is 42.3 Å². The van der Waals surface area contributed by atoms with Crippen molar-refractivity contribution < 1.29 is 13.9 Å². The number of aromatic nitrogens is 10. The Hall–Kier alpha value is -7.03. The van der Waals surface area contributed by atoms with Gasteiger partial charge in [0.25, 0.3) is 11.9 Å². The van der Waals surface area contributed by atoms with Crippen LogP contribution in [0.1, 0.15) is 54.6 Å². The van der Waals surface area contributed by atoms with Crippen molar-refractivity contribution in [1.82, 2.24) is 48.3 Å². The molecule has 6 heterocycles. The van der Waals surface area contributed by atoms with Gasteiger partial charge in [0.05, 0.1) is 35.6 Å². The number of halogens is 1. The molecule has 14 nitrogen and oxygen atoms in total. The highest BCUT2D eigenvalue weighted by molar-refractivity contribution is 5.81. The van der Waals surface area contributed by atoms with Gasteiger partial charge in [0, 0.05) is 52.9 Å². The third-order valence-electron chi connectivity index (χ3n) is 10.7. The van der Waals surface area contributed by atoms with E-state index in [4.69, 9.17) is 9.47 Å². The van der Waals surface area contributed by atoms with Crippen molar-refractivity contribution in [2.45, 2.75) is 72.0 Å². The molecule has 0 saturated heterocycles. The summed E-state index contributed by atoms with van der Waals surface area (Å²) < 4.78 is 32.5. The molecule has 15 heteroatoms. The minimum absolute atomic E-state index is 0.0947. The average Bonchev–Trinajstić information content (AvgIpc) is 3.96. The number of fused-ring (bicyclic) bond motifs is 2. The fraction of sp³-hybridized carbons (Fsp3) is 0.256. The summed E-state index contributed by atoms with van der Waals surface area (Å²) in [7, 11) is 0. The summed E-state index contributed by atoms with van der Waals surface area (Å²) in [5.41, 5.74) is 7.07. The highest BCUT2D eigenvalue weighted by Gasteiger charge is 2.27. The number of ether oxygens (including phenoxy) is 2. The average molecular weight is 779 g/mol. The highest BCUT2D eigenvalue weighted by atomic mass is 19.1. The fourth-order valence-corrected chi connectivity index (χ4v) is 7.50. The molecule has 292 valence electrons. The van der Waals surface area contributed by atoms with Gasteiger partial charge in [-0.1, -0.05) is 24.3 Å². The lowest BCUT2D eigenvalue weighted by atomic mass is 9.96. The first-order valence-corrected chi connectivity index (χ1v) is 19.2. The Morgan fingerprint density at radius 3 is 1.72 bits per heavy atom. The lowest BCUT2D eigenvalue weighted by Crippen LogP contribution is -2.29. The number of aryl methyl sites for hydroxylation is 4. The van der Waals surface area contributed by atoms with Crippen molar-refractivity contribution in [3.8, 4) is 45.6 Å². The molecular weight excluding hydrogens is 740 g/mol. The number of rotatable bonds is 8. The van der Waals surface area contributed by atoms with Crippen molar-refractivity contribution >= 4 is 11.0 Å². The second-order valence-corrected chi connectivity index (χ2v) is 14.5.